The van der Waals surface area contributed by atoms with Crippen molar-refractivity contribution in [3.8, 4) is 22.3 Å². The highest BCUT2D eigenvalue weighted by Crippen LogP contribution is 2.50. The van der Waals surface area contributed by atoms with Crippen molar-refractivity contribution >= 4 is 43.7 Å². The average molecular weight is 655 g/mol. The van der Waals surface area contributed by atoms with Crippen LogP contribution in [0.1, 0.15) is 41.7 Å². The Bertz CT molecular complexity index is 2680. The maximum absolute atomic E-state index is 6.60. The zero-order valence-electron chi connectivity index (χ0n) is 28.9. The molecule has 0 atom stereocenters. The van der Waals surface area contributed by atoms with E-state index in [0.717, 1.165) is 22.4 Å². The second kappa shape index (κ2) is 12.3. The van der Waals surface area contributed by atoms with Gasteiger partial charge in [0.25, 0.3) is 0 Å². The molecule has 0 fully saturated rings. The Kier molecular flexibility index (Phi) is 7.40. The summed E-state index contributed by atoms with van der Waals surface area (Å²) < 4.78 is 0. The first kappa shape index (κ1) is 30.8. The zero-order valence-corrected chi connectivity index (χ0v) is 28.9. The topological polar surface area (TPSA) is 38.4 Å². The molecule has 0 saturated carbocycles. The molecule has 0 aliphatic heterocycles. The van der Waals surface area contributed by atoms with E-state index in [0.29, 0.717) is 12.2 Å². The summed E-state index contributed by atoms with van der Waals surface area (Å²) in [7, 11) is 0. The quantitative estimate of drug-likeness (QED) is 0.141. The van der Waals surface area contributed by atoms with Gasteiger partial charge < -0.3 is 5.73 Å². The van der Waals surface area contributed by atoms with E-state index in [1.807, 2.05) is 54.6 Å². The van der Waals surface area contributed by atoms with E-state index in [4.69, 9.17) is 10.7 Å². The van der Waals surface area contributed by atoms with Crippen LogP contribution in [0.15, 0.2) is 175 Å². The third kappa shape index (κ3) is 5.23. The highest BCUT2D eigenvalue weighted by Gasteiger charge is 2.35. The lowest BCUT2D eigenvalue weighted by Crippen LogP contribution is -2.14. The number of aliphatic imine (C=N–C) groups is 1. The molecule has 1 aliphatic rings. The summed E-state index contributed by atoms with van der Waals surface area (Å²) in [5.74, 6) is 0. The standard InChI is InChI=1S/C49H38N2/c1-49(2)44-23-12-11-20-39(44)43-29-35(25-27-45(43)49)36-21-13-22-40-37-18-9-10-19-38(37)42-28-32(24-26-41(42)48(36)40)31-51-47(34-16-7-4-8-17-34)30-46(50)33-14-5-3-6-15-33/h3-30H,31,50H2,1-2H3/b46-30-,51-47?. The molecule has 1 aliphatic carbocycles. The minimum atomic E-state index is -0.0194. The fourth-order valence-electron chi connectivity index (χ4n) is 8.15. The van der Waals surface area contributed by atoms with E-state index in [-0.39, 0.29) is 5.41 Å². The molecule has 0 amide bonds. The lowest BCUT2D eigenvalue weighted by Gasteiger charge is -2.21. The minimum Gasteiger partial charge on any atom is -0.398 e. The second-order valence-electron chi connectivity index (χ2n) is 14.1. The molecule has 244 valence electrons. The molecule has 9 rings (SSSR count). The van der Waals surface area contributed by atoms with Crippen LogP contribution >= 0.6 is 0 Å². The first-order valence-corrected chi connectivity index (χ1v) is 17.7. The number of benzene rings is 8. The first-order valence-electron chi connectivity index (χ1n) is 17.7. The number of hydrogen-bond acceptors (Lipinski definition) is 2. The number of nitrogens with zero attached hydrogens (tertiary/aromatic N) is 1. The predicted molar refractivity (Wildman–Crippen MR) is 217 cm³/mol. The van der Waals surface area contributed by atoms with Crippen LogP contribution in [0.5, 0.6) is 0 Å². The smallest absolute Gasteiger partial charge is 0.0671 e. The molecular formula is C49H38N2. The number of fused-ring (bicyclic) bond motifs is 9. The zero-order chi connectivity index (χ0) is 34.5. The SMILES string of the molecule is CC1(C)c2ccccc2-c2cc(-c3cccc4c5ccccc5c5cc(CN=C(/C=C(\N)c6ccccc6)c6ccccc6)ccc5c34)ccc21. The molecule has 0 unspecified atom stereocenters. The maximum atomic E-state index is 6.60. The summed E-state index contributed by atoms with van der Waals surface area (Å²) in [6, 6.07) is 58.8. The van der Waals surface area contributed by atoms with Crippen molar-refractivity contribution in [1.29, 1.82) is 0 Å². The van der Waals surface area contributed by atoms with Crippen LogP contribution in [-0.4, -0.2) is 5.71 Å². The Morgan fingerprint density at radius 2 is 1.14 bits per heavy atom. The number of allylic oxidation sites excluding steroid dienone is 1. The summed E-state index contributed by atoms with van der Waals surface area (Å²) >= 11 is 0. The van der Waals surface area contributed by atoms with E-state index < -0.39 is 0 Å². The van der Waals surface area contributed by atoms with Gasteiger partial charge in [-0.05, 0) is 101 Å². The van der Waals surface area contributed by atoms with Gasteiger partial charge in [-0.15, -0.1) is 0 Å². The molecule has 2 heteroatoms. The van der Waals surface area contributed by atoms with Gasteiger partial charge in [0, 0.05) is 11.1 Å². The van der Waals surface area contributed by atoms with Crippen LogP contribution in [-0.2, 0) is 12.0 Å². The van der Waals surface area contributed by atoms with Gasteiger partial charge in [-0.2, -0.15) is 0 Å². The molecule has 2 nitrogen and oxygen atoms in total. The molecule has 8 aromatic carbocycles. The van der Waals surface area contributed by atoms with Gasteiger partial charge in [-0.1, -0.05) is 166 Å². The Morgan fingerprint density at radius 3 is 1.92 bits per heavy atom. The molecule has 8 aromatic rings. The molecular weight excluding hydrogens is 617 g/mol. The van der Waals surface area contributed by atoms with Crippen LogP contribution < -0.4 is 5.73 Å². The molecule has 0 saturated heterocycles. The van der Waals surface area contributed by atoms with Crippen molar-refractivity contribution < 1.29 is 0 Å². The first-order chi connectivity index (χ1) is 25.0. The summed E-state index contributed by atoms with van der Waals surface area (Å²) in [5, 5.41) is 7.57. The Hall–Kier alpha value is -6.25. The van der Waals surface area contributed by atoms with E-state index in [2.05, 4.69) is 129 Å². The third-order valence-electron chi connectivity index (χ3n) is 10.7. The van der Waals surface area contributed by atoms with E-state index in [1.54, 1.807) is 0 Å². The van der Waals surface area contributed by atoms with Gasteiger partial charge in [-0.3, -0.25) is 4.99 Å². The van der Waals surface area contributed by atoms with E-state index >= 15 is 0 Å². The van der Waals surface area contributed by atoms with Crippen molar-refractivity contribution in [2.24, 2.45) is 10.7 Å². The molecule has 0 heterocycles. The highest BCUT2D eigenvalue weighted by atomic mass is 14.7. The van der Waals surface area contributed by atoms with E-state index in [9.17, 15) is 0 Å². The van der Waals surface area contributed by atoms with Crippen LogP contribution in [0.4, 0.5) is 0 Å². The average Bonchev–Trinajstić information content (AvgIpc) is 3.42. The Labute approximate surface area is 299 Å². The van der Waals surface area contributed by atoms with Crippen LogP contribution in [0.25, 0.3) is 60.3 Å². The van der Waals surface area contributed by atoms with Crippen molar-refractivity contribution in [1.82, 2.24) is 0 Å². The van der Waals surface area contributed by atoms with Crippen molar-refractivity contribution in [3.05, 3.63) is 198 Å². The fraction of sp³-hybridized carbons (Fsp3) is 0.0816. The lowest BCUT2D eigenvalue weighted by atomic mass is 9.82. The second-order valence-corrected chi connectivity index (χ2v) is 14.1. The molecule has 0 radical (unpaired) electrons. The summed E-state index contributed by atoms with van der Waals surface area (Å²) in [6.45, 7) is 5.22. The molecule has 0 aromatic heterocycles. The third-order valence-corrected chi connectivity index (χ3v) is 10.7. The van der Waals surface area contributed by atoms with Crippen LogP contribution in [0.3, 0.4) is 0 Å². The summed E-state index contributed by atoms with van der Waals surface area (Å²) in [4.78, 5) is 5.17. The molecule has 51 heavy (non-hydrogen) atoms. The largest absolute Gasteiger partial charge is 0.398 e. The van der Waals surface area contributed by atoms with Gasteiger partial charge in [-0.25, -0.2) is 0 Å². The molecule has 0 bridgehead atoms. The van der Waals surface area contributed by atoms with Crippen LogP contribution in [0, 0.1) is 0 Å². The van der Waals surface area contributed by atoms with Crippen LogP contribution in [0.2, 0.25) is 0 Å². The van der Waals surface area contributed by atoms with Crippen molar-refractivity contribution in [2.75, 3.05) is 0 Å². The van der Waals surface area contributed by atoms with Crippen molar-refractivity contribution in [2.45, 2.75) is 25.8 Å². The monoisotopic (exact) mass is 654 g/mol. The van der Waals surface area contributed by atoms with E-state index in [1.165, 1.54) is 65.7 Å². The normalized spacial score (nSPS) is 13.8. The summed E-state index contributed by atoms with van der Waals surface area (Å²) in [5.41, 5.74) is 19.3. The molecule has 0 spiro atoms. The highest BCUT2D eigenvalue weighted by molar-refractivity contribution is 6.28. The Morgan fingerprint density at radius 1 is 0.529 bits per heavy atom. The molecule has 2 N–H and O–H groups in total. The minimum absolute atomic E-state index is 0.0194. The van der Waals surface area contributed by atoms with Gasteiger partial charge in [0.15, 0.2) is 0 Å². The van der Waals surface area contributed by atoms with Gasteiger partial charge >= 0.3 is 0 Å². The van der Waals surface area contributed by atoms with Gasteiger partial charge in [0.1, 0.15) is 0 Å². The lowest BCUT2D eigenvalue weighted by molar-refractivity contribution is 0.660. The number of rotatable bonds is 6. The fourth-order valence-corrected chi connectivity index (χ4v) is 8.15. The number of nitrogens with two attached hydrogens (primary N) is 1. The Balaban J connectivity index is 1.19. The van der Waals surface area contributed by atoms with Gasteiger partial charge in [0.05, 0.1) is 12.3 Å². The maximum Gasteiger partial charge on any atom is 0.0671 e. The number of hydrogen-bond donors (Lipinski definition) is 1. The summed E-state index contributed by atoms with van der Waals surface area (Å²) in [6.07, 6.45) is 2.00. The van der Waals surface area contributed by atoms with Crippen molar-refractivity contribution in [3.63, 3.8) is 0 Å². The predicted octanol–water partition coefficient (Wildman–Crippen LogP) is 12.1. The van der Waals surface area contributed by atoms with Gasteiger partial charge in [0.2, 0.25) is 0 Å².